The van der Waals surface area contributed by atoms with Crippen molar-refractivity contribution in [2.45, 2.75) is 6.42 Å². The fourth-order valence-corrected chi connectivity index (χ4v) is 1.26. The Morgan fingerprint density at radius 2 is 2.42 bits per heavy atom. The van der Waals surface area contributed by atoms with E-state index in [-0.39, 0.29) is 0 Å². The highest BCUT2D eigenvalue weighted by atomic mass is 14.8. The van der Waals surface area contributed by atoms with Crippen LogP contribution >= 0.6 is 0 Å². The van der Waals surface area contributed by atoms with Gasteiger partial charge in [0.05, 0.1) is 12.5 Å². The lowest BCUT2D eigenvalue weighted by Gasteiger charge is -1.94. The highest BCUT2D eigenvalue weighted by molar-refractivity contribution is 5.79. The first-order chi connectivity index (χ1) is 5.92. The molecule has 0 bridgehead atoms. The first-order valence-corrected chi connectivity index (χ1v) is 3.70. The van der Waals surface area contributed by atoms with Crippen LogP contribution in [0.5, 0.6) is 0 Å². The third-order valence-electron chi connectivity index (χ3n) is 1.82. The summed E-state index contributed by atoms with van der Waals surface area (Å²) < 4.78 is 0. The summed E-state index contributed by atoms with van der Waals surface area (Å²) in [7, 11) is 0. The molecule has 0 saturated carbocycles. The van der Waals surface area contributed by atoms with Crippen LogP contribution in [0.1, 0.15) is 5.56 Å². The van der Waals surface area contributed by atoms with E-state index in [0.29, 0.717) is 6.42 Å². The van der Waals surface area contributed by atoms with E-state index in [1.165, 1.54) is 0 Å². The number of pyridine rings is 1. The maximum atomic E-state index is 8.54. The second-order valence-electron chi connectivity index (χ2n) is 2.54. The van der Waals surface area contributed by atoms with E-state index < -0.39 is 0 Å². The van der Waals surface area contributed by atoms with Crippen molar-refractivity contribution in [1.29, 1.82) is 5.26 Å². The van der Waals surface area contributed by atoms with Crippen LogP contribution in [0.4, 0.5) is 0 Å². The van der Waals surface area contributed by atoms with Crippen LogP contribution in [0.25, 0.3) is 11.0 Å². The van der Waals surface area contributed by atoms with Gasteiger partial charge in [0.2, 0.25) is 0 Å². The summed E-state index contributed by atoms with van der Waals surface area (Å²) in [5, 5.41) is 9.58. The van der Waals surface area contributed by atoms with E-state index in [1.807, 2.05) is 18.3 Å². The normalized spacial score (nSPS) is 9.92. The maximum Gasteiger partial charge on any atom is 0.137 e. The molecule has 3 nitrogen and oxygen atoms in total. The minimum Gasteiger partial charge on any atom is -0.346 e. The number of aromatic amines is 1. The molecule has 0 unspecified atom stereocenters. The fourth-order valence-electron chi connectivity index (χ4n) is 1.26. The Hall–Kier alpha value is -1.82. The third-order valence-corrected chi connectivity index (χ3v) is 1.82. The molecule has 58 valence electrons. The molecule has 0 aliphatic heterocycles. The number of aromatic nitrogens is 2. The zero-order valence-corrected chi connectivity index (χ0v) is 6.41. The summed E-state index contributed by atoms with van der Waals surface area (Å²) >= 11 is 0. The molecule has 1 N–H and O–H groups in total. The van der Waals surface area contributed by atoms with E-state index in [1.54, 1.807) is 6.20 Å². The van der Waals surface area contributed by atoms with Gasteiger partial charge >= 0.3 is 0 Å². The standard InChI is InChI=1S/C9H7N3/c10-4-1-7-2-5-11-9-8(7)3-6-12-9/h2-3,5-6H,1H2,(H,11,12). The van der Waals surface area contributed by atoms with Crippen molar-refractivity contribution in [3.63, 3.8) is 0 Å². The van der Waals surface area contributed by atoms with Crippen molar-refractivity contribution in [2.24, 2.45) is 0 Å². The average molecular weight is 157 g/mol. The van der Waals surface area contributed by atoms with Gasteiger partial charge in [0.1, 0.15) is 5.65 Å². The molecule has 2 rings (SSSR count). The molecule has 12 heavy (non-hydrogen) atoms. The predicted molar refractivity (Wildman–Crippen MR) is 45.4 cm³/mol. The number of hydrogen-bond acceptors (Lipinski definition) is 2. The molecule has 0 aliphatic carbocycles. The van der Waals surface area contributed by atoms with Gasteiger partial charge in [-0.25, -0.2) is 4.98 Å². The molecular formula is C9H7N3. The van der Waals surface area contributed by atoms with Gasteiger partial charge in [0, 0.05) is 17.8 Å². The first kappa shape index (κ1) is 6.86. The Bertz CT molecular complexity index is 436. The van der Waals surface area contributed by atoms with E-state index in [4.69, 9.17) is 5.26 Å². The number of H-pyrrole nitrogens is 1. The number of nitrogens with zero attached hydrogens (tertiary/aromatic N) is 2. The molecule has 0 atom stereocenters. The Morgan fingerprint density at radius 3 is 3.25 bits per heavy atom. The lowest BCUT2D eigenvalue weighted by atomic mass is 10.1. The van der Waals surface area contributed by atoms with E-state index in [2.05, 4.69) is 16.0 Å². The minimum absolute atomic E-state index is 0.441. The zero-order valence-electron chi connectivity index (χ0n) is 6.41. The summed E-state index contributed by atoms with van der Waals surface area (Å²) in [6, 6.07) is 5.94. The van der Waals surface area contributed by atoms with Crippen molar-refractivity contribution in [3.8, 4) is 6.07 Å². The highest BCUT2D eigenvalue weighted by Crippen LogP contribution is 2.14. The zero-order chi connectivity index (χ0) is 8.39. The molecule has 0 fully saturated rings. The monoisotopic (exact) mass is 157 g/mol. The van der Waals surface area contributed by atoms with E-state index in [9.17, 15) is 0 Å². The fraction of sp³-hybridized carbons (Fsp3) is 0.111. The van der Waals surface area contributed by atoms with E-state index in [0.717, 1.165) is 16.6 Å². The van der Waals surface area contributed by atoms with Gasteiger partial charge < -0.3 is 4.98 Å². The van der Waals surface area contributed by atoms with Gasteiger partial charge in [-0.15, -0.1) is 0 Å². The number of rotatable bonds is 1. The summed E-state index contributed by atoms with van der Waals surface area (Å²) in [4.78, 5) is 7.12. The number of nitrogens with one attached hydrogen (secondary N) is 1. The molecule has 0 aliphatic rings. The van der Waals surface area contributed by atoms with Gasteiger partial charge in [-0.2, -0.15) is 5.26 Å². The summed E-state index contributed by atoms with van der Waals surface area (Å²) in [6.07, 6.45) is 3.99. The molecule has 0 spiro atoms. The quantitative estimate of drug-likeness (QED) is 0.684. The van der Waals surface area contributed by atoms with Gasteiger partial charge in [0.25, 0.3) is 0 Å². The van der Waals surface area contributed by atoms with Crippen LogP contribution < -0.4 is 0 Å². The molecule has 0 radical (unpaired) electrons. The van der Waals surface area contributed by atoms with Crippen LogP contribution in [-0.2, 0) is 6.42 Å². The Labute approximate surface area is 69.7 Å². The third kappa shape index (κ3) is 0.940. The number of hydrogen-bond donors (Lipinski definition) is 1. The summed E-state index contributed by atoms with van der Waals surface area (Å²) in [5.41, 5.74) is 1.88. The molecule has 0 aromatic carbocycles. The highest BCUT2D eigenvalue weighted by Gasteiger charge is 2.00. The van der Waals surface area contributed by atoms with Gasteiger partial charge in [-0.3, -0.25) is 0 Å². The molecule has 0 saturated heterocycles. The molecule has 3 heteroatoms. The lowest BCUT2D eigenvalue weighted by Crippen LogP contribution is -1.84. The SMILES string of the molecule is N#CCc1ccnc2[nH]ccc12. The lowest BCUT2D eigenvalue weighted by molar-refractivity contribution is 1.25. The summed E-state index contributed by atoms with van der Waals surface area (Å²) in [6.45, 7) is 0. The number of fused-ring (bicyclic) bond motifs is 1. The van der Waals surface area contributed by atoms with Crippen LogP contribution in [-0.4, -0.2) is 9.97 Å². The van der Waals surface area contributed by atoms with Crippen molar-refractivity contribution >= 4 is 11.0 Å². The largest absolute Gasteiger partial charge is 0.346 e. The van der Waals surface area contributed by atoms with Gasteiger partial charge in [-0.05, 0) is 17.7 Å². The average Bonchev–Trinajstić information content (AvgIpc) is 2.53. The van der Waals surface area contributed by atoms with Crippen molar-refractivity contribution in [2.75, 3.05) is 0 Å². The van der Waals surface area contributed by atoms with Crippen molar-refractivity contribution in [1.82, 2.24) is 9.97 Å². The molecule has 2 aromatic heterocycles. The first-order valence-electron chi connectivity index (χ1n) is 3.70. The van der Waals surface area contributed by atoms with Crippen LogP contribution in [0.2, 0.25) is 0 Å². The van der Waals surface area contributed by atoms with Crippen LogP contribution in [0, 0.1) is 11.3 Å². The molecule has 2 aromatic rings. The maximum absolute atomic E-state index is 8.54. The smallest absolute Gasteiger partial charge is 0.137 e. The summed E-state index contributed by atoms with van der Waals surface area (Å²) in [5.74, 6) is 0. The Balaban J connectivity index is 2.67. The van der Waals surface area contributed by atoms with Crippen molar-refractivity contribution in [3.05, 3.63) is 30.1 Å². The van der Waals surface area contributed by atoms with Crippen LogP contribution in [0.15, 0.2) is 24.5 Å². The topological polar surface area (TPSA) is 52.5 Å². The second-order valence-corrected chi connectivity index (χ2v) is 2.54. The minimum atomic E-state index is 0.441. The molecular weight excluding hydrogens is 150 g/mol. The van der Waals surface area contributed by atoms with E-state index >= 15 is 0 Å². The Morgan fingerprint density at radius 1 is 1.50 bits per heavy atom. The molecule has 0 amide bonds. The van der Waals surface area contributed by atoms with Crippen LogP contribution in [0.3, 0.4) is 0 Å². The molecule has 2 heterocycles. The van der Waals surface area contributed by atoms with Crippen molar-refractivity contribution < 1.29 is 0 Å². The Kier molecular flexibility index (Phi) is 1.52. The predicted octanol–water partition coefficient (Wildman–Crippen LogP) is 1.63. The second kappa shape index (κ2) is 2.67. The number of nitriles is 1. The van der Waals surface area contributed by atoms with Gasteiger partial charge in [-0.1, -0.05) is 0 Å². The van der Waals surface area contributed by atoms with Gasteiger partial charge in [0.15, 0.2) is 0 Å².